The second-order valence-electron chi connectivity index (χ2n) is 10.6. The normalized spacial score (nSPS) is 18.6. The summed E-state index contributed by atoms with van der Waals surface area (Å²) in [5.74, 6) is -3.58. The van der Waals surface area contributed by atoms with E-state index in [0.29, 0.717) is 17.2 Å². The Kier molecular flexibility index (Phi) is 9.14. The third-order valence-electron chi connectivity index (χ3n) is 7.56. The molecule has 0 radical (unpaired) electrons. The van der Waals surface area contributed by atoms with Gasteiger partial charge in [0.1, 0.15) is 12.4 Å². The van der Waals surface area contributed by atoms with Crippen LogP contribution < -0.4 is 10.1 Å². The van der Waals surface area contributed by atoms with Gasteiger partial charge in [0.15, 0.2) is 11.6 Å². The fraction of sp³-hybridized carbons (Fsp3) is 0.323. The third kappa shape index (κ3) is 7.16. The monoisotopic (exact) mass is 616 g/mol. The van der Waals surface area contributed by atoms with E-state index in [1.165, 1.54) is 6.07 Å². The second-order valence-corrected chi connectivity index (χ2v) is 10.6. The van der Waals surface area contributed by atoms with Crippen LogP contribution >= 0.6 is 0 Å². The molecule has 2 aliphatic heterocycles. The van der Waals surface area contributed by atoms with Gasteiger partial charge in [-0.3, -0.25) is 19.3 Å². The highest BCUT2D eigenvalue weighted by Crippen LogP contribution is 2.33. The summed E-state index contributed by atoms with van der Waals surface area (Å²) in [7, 11) is 0. The molecule has 232 valence electrons. The van der Waals surface area contributed by atoms with Crippen LogP contribution in [0.25, 0.3) is 0 Å². The molecule has 0 saturated carbocycles. The van der Waals surface area contributed by atoms with E-state index in [1.807, 2.05) is 0 Å². The number of fused-ring (bicyclic) bond motifs is 2. The molecule has 2 aliphatic rings. The molecule has 0 spiro atoms. The van der Waals surface area contributed by atoms with Gasteiger partial charge in [-0.25, -0.2) is 8.78 Å². The summed E-state index contributed by atoms with van der Waals surface area (Å²) >= 11 is 0. The van der Waals surface area contributed by atoms with Crippen molar-refractivity contribution in [2.45, 2.75) is 18.8 Å². The number of rotatable bonds is 3. The molecule has 0 aromatic heterocycles. The number of carbonyl (C=O) groups is 3. The molecule has 1 atom stereocenters. The van der Waals surface area contributed by atoms with E-state index in [9.17, 15) is 36.3 Å². The van der Waals surface area contributed by atoms with Gasteiger partial charge < -0.3 is 19.9 Å². The molecular formula is C31H29F5N4O4. The number of alkyl halides is 3. The number of nitrogens with zero attached hydrogens (tertiary/aromatic N) is 3. The van der Waals surface area contributed by atoms with Gasteiger partial charge >= 0.3 is 6.18 Å². The van der Waals surface area contributed by atoms with E-state index in [2.05, 4.69) is 5.32 Å². The van der Waals surface area contributed by atoms with Crippen LogP contribution in [0.15, 0.2) is 66.7 Å². The maximum Gasteiger partial charge on any atom is 0.416 e. The Balaban J connectivity index is 1.45. The zero-order chi connectivity index (χ0) is 31.4. The molecule has 13 heteroatoms. The van der Waals surface area contributed by atoms with Crippen molar-refractivity contribution < 1.29 is 41.1 Å². The van der Waals surface area contributed by atoms with Crippen LogP contribution in [0.2, 0.25) is 0 Å². The summed E-state index contributed by atoms with van der Waals surface area (Å²) in [5.41, 5.74) is -0.534. The summed E-state index contributed by atoms with van der Waals surface area (Å²) in [6.07, 6.45) is -4.71. The van der Waals surface area contributed by atoms with Gasteiger partial charge in [-0.15, -0.1) is 0 Å². The highest BCUT2D eigenvalue weighted by Gasteiger charge is 2.36. The standard InChI is InChI=1S/C31H29F5N4O4/c32-25-8-6-20(14-26(25)33)16-38-11-10-37-29(42)24-15-22(31(34,35)36)7-9-27(24)44-19-23-17-39(12-13-40(23)28(41)18-38)30(43)21-4-2-1-3-5-21/h1-9,14-15,23H,10-13,16-19H2,(H,37,42)/t23-/m0/s1. The number of hydrogen-bond acceptors (Lipinski definition) is 5. The molecule has 1 saturated heterocycles. The lowest BCUT2D eigenvalue weighted by Crippen LogP contribution is -2.60. The van der Waals surface area contributed by atoms with Crippen molar-refractivity contribution in [1.29, 1.82) is 0 Å². The van der Waals surface area contributed by atoms with Crippen LogP contribution in [0.5, 0.6) is 5.75 Å². The molecular weight excluding hydrogens is 587 g/mol. The van der Waals surface area contributed by atoms with Crippen molar-refractivity contribution in [3.63, 3.8) is 0 Å². The first-order valence-corrected chi connectivity index (χ1v) is 13.9. The number of benzene rings is 3. The van der Waals surface area contributed by atoms with Crippen molar-refractivity contribution in [3.8, 4) is 5.75 Å². The highest BCUT2D eigenvalue weighted by atomic mass is 19.4. The minimum Gasteiger partial charge on any atom is -0.491 e. The van der Waals surface area contributed by atoms with Crippen molar-refractivity contribution in [2.75, 3.05) is 45.9 Å². The van der Waals surface area contributed by atoms with E-state index >= 15 is 0 Å². The maximum absolute atomic E-state index is 13.9. The molecule has 0 aliphatic carbocycles. The lowest BCUT2D eigenvalue weighted by atomic mass is 10.1. The molecule has 3 aromatic rings. The predicted octanol–water partition coefficient (Wildman–Crippen LogP) is 3.96. The van der Waals surface area contributed by atoms with Crippen LogP contribution in [-0.2, 0) is 17.5 Å². The minimum atomic E-state index is -4.71. The first-order chi connectivity index (χ1) is 21.0. The fourth-order valence-electron chi connectivity index (χ4n) is 5.28. The van der Waals surface area contributed by atoms with Gasteiger partial charge in [0.05, 0.1) is 23.7 Å². The van der Waals surface area contributed by atoms with Crippen molar-refractivity contribution in [2.24, 2.45) is 0 Å². The predicted molar refractivity (Wildman–Crippen MR) is 149 cm³/mol. The Morgan fingerprint density at radius 2 is 1.70 bits per heavy atom. The molecule has 3 aromatic carbocycles. The molecule has 5 rings (SSSR count). The molecule has 1 fully saturated rings. The average Bonchev–Trinajstić information content (AvgIpc) is 3.01. The molecule has 2 heterocycles. The van der Waals surface area contributed by atoms with E-state index in [1.54, 1.807) is 45.0 Å². The van der Waals surface area contributed by atoms with E-state index in [-0.39, 0.29) is 75.5 Å². The van der Waals surface area contributed by atoms with Gasteiger partial charge in [-0.2, -0.15) is 13.2 Å². The van der Waals surface area contributed by atoms with Crippen LogP contribution in [0, 0.1) is 11.6 Å². The number of ether oxygens (including phenoxy) is 1. The number of amides is 3. The zero-order valence-electron chi connectivity index (χ0n) is 23.4. The third-order valence-corrected chi connectivity index (χ3v) is 7.56. The largest absolute Gasteiger partial charge is 0.491 e. The summed E-state index contributed by atoms with van der Waals surface area (Å²) in [4.78, 5) is 44.7. The van der Waals surface area contributed by atoms with Gasteiger partial charge in [0, 0.05) is 44.8 Å². The lowest BCUT2D eigenvalue weighted by molar-refractivity contribution is -0.138. The summed E-state index contributed by atoms with van der Waals surface area (Å²) < 4.78 is 73.9. The zero-order valence-corrected chi connectivity index (χ0v) is 23.4. The second kappa shape index (κ2) is 13.0. The van der Waals surface area contributed by atoms with Gasteiger partial charge in [0.2, 0.25) is 5.91 Å². The van der Waals surface area contributed by atoms with Crippen molar-refractivity contribution in [3.05, 3.63) is 101 Å². The van der Waals surface area contributed by atoms with Crippen LogP contribution in [0.4, 0.5) is 22.0 Å². The van der Waals surface area contributed by atoms with E-state index in [4.69, 9.17) is 4.74 Å². The number of halogens is 5. The lowest BCUT2D eigenvalue weighted by Gasteiger charge is -2.42. The molecule has 0 bridgehead atoms. The molecule has 0 unspecified atom stereocenters. The molecule has 44 heavy (non-hydrogen) atoms. The Morgan fingerprint density at radius 3 is 2.43 bits per heavy atom. The maximum atomic E-state index is 13.9. The molecule has 8 nitrogen and oxygen atoms in total. The SMILES string of the molecule is O=C1NCCN(Cc2ccc(F)c(F)c2)CC(=O)N2CCN(C(=O)c3ccccc3)C[C@H]2COc2ccc(C(F)(F)F)cc21. The number of nitrogens with one attached hydrogen (secondary N) is 1. The Bertz CT molecular complexity index is 1540. The Hall–Kier alpha value is -4.52. The van der Waals surface area contributed by atoms with Gasteiger partial charge in [0.25, 0.3) is 11.8 Å². The van der Waals surface area contributed by atoms with Gasteiger partial charge in [-0.1, -0.05) is 24.3 Å². The Labute approximate surface area is 250 Å². The van der Waals surface area contributed by atoms with Crippen molar-refractivity contribution >= 4 is 17.7 Å². The van der Waals surface area contributed by atoms with Crippen LogP contribution in [0.1, 0.15) is 31.8 Å². The van der Waals surface area contributed by atoms with Crippen LogP contribution in [0.3, 0.4) is 0 Å². The van der Waals surface area contributed by atoms with E-state index < -0.39 is 35.3 Å². The first-order valence-electron chi connectivity index (χ1n) is 13.9. The number of hydrogen-bond donors (Lipinski definition) is 1. The van der Waals surface area contributed by atoms with Crippen LogP contribution in [-0.4, -0.2) is 84.3 Å². The molecule has 1 N–H and O–H groups in total. The minimum absolute atomic E-state index is 0.0290. The summed E-state index contributed by atoms with van der Waals surface area (Å²) in [6, 6.07) is 13.8. The molecule has 3 amide bonds. The smallest absolute Gasteiger partial charge is 0.416 e. The van der Waals surface area contributed by atoms with Gasteiger partial charge in [-0.05, 0) is 48.0 Å². The van der Waals surface area contributed by atoms with E-state index in [0.717, 1.165) is 24.3 Å². The number of carbonyl (C=O) groups excluding carboxylic acids is 3. The highest BCUT2D eigenvalue weighted by molar-refractivity contribution is 5.97. The Morgan fingerprint density at radius 1 is 0.932 bits per heavy atom. The van der Waals surface area contributed by atoms with Crippen molar-refractivity contribution in [1.82, 2.24) is 20.0 Å². The fourth-order valence-corrected chi connectivity index (χ4v) is 5.28. The quantitative estimate of drug-likeness (QED) is 0.451. The summed E-state index contributed by atoms with van der Waals surface area (Å²) in [5, 5.41) is 2.57. The number of piperazine rings is 1. The summed E-state index contributed by atoms with van der Waals surface area (Å²) in [6.45, 7) is 0.123. The first kappa shape index (κ1) is 30.9. The topological polar surface area (TPSA) is 82.2 Å². The average molecular weight is 617 g/mol.